The van der Waals surface area contributed by atoms with Gasteiger partial charge in [-0.25, -0.2) is 0 Å². The van der Waals surface area contributed by atoms with Crippen LogP contribution in [0, 0.1) is 5.92 Å². The summed E-state index contributed by atoms with van der Waals surface area (Å²) >= 11 is 0.953. The van der Waals surface area contributed by atoms with Crippen LogP contribution in [0.15, 0.2) is 0 Å². The summed E-state index contributed by atoms with van der Waals surface area (Å²) in [7, 11) is 0. The summed E-state index contributed by atoms with van der Waals surface area (Å²) in [4.78, 5) is 0. The van der Waals surface area contributed by atoms with Crippen molar-refractivity contribution in [2.24, 2.45) is 5.92 Å². The summed E-state index contributed by atoms with van der Waals surface area (Å²) in [6, 6.07) is 0. The highest BCUT2D eigenvalue weighted by Gasteiger charge is 2.12. The fourth-order valence-corrected chi connectivity index (χ4v) is 1.56. The minimum atomic E-state index is 0.689. The van der Waals surface area contributed by atoms with Crippen molar-refractivity contribution >= 4 is 12.0 Å². The van der Waals surface area contributed by atoms with Crippen LogP contribution in [-0.4, -0.2) is 23.5 Å². The topological polar surface area (TPSA) is 29.5 Å². The molecule has 1 aliphatic rings. The largest absolute Gasteiger partial charge is 0.381 e. The first-order chi connectivity index (χ1) is 4.43. The van der Waals surface area contributed by atoms with Crippen LogP contribution >= 0.6 is 12.0 Å². The lowest BCUT2D eigenvalue weighted by atomic mass is 10.0. The molecule has 0 unspecified atom stereocenters. The molecule has 0 bridgehead atoms. The molecular weight excluding hydrogens is 136 g/mol. The number of hydrogen-bond acceptors (Lipinski definition) is 3. The van der Waals surface area contributed by atoms with Gasteiger partial charge in [0.15, 0.2) is 0 Å². The lowest BCUT2D eigenvalue weighted by Crippen LogP contribution is -2.17. The Morgan fingerprint density at radius 3 is 2.67 bits per heavy atom. The second-order valence-electron chi connectivity index (χ2n) is 2.35. The van der Waals surface area contributed by atoms with E-state index in [-0.39, 0.29) is 0 Å². The average Bonchev–Trinajstić information content (AvgIpc) is 1.91. The molecule has 0 aromatic rings. The van der Waals surface area contributed by atoms with E-state index in [0.29, 0.717) is 5.92 Å². The van der Waals surface area contributed by atoms with Gasteiger partial charge in [-0.15, -0.1) is 0 Å². The average molecular weight is 148 g/mol. The molecule has 9 heavy (non-hydrogen) atoms. The SMILES string of the molecule is OSCC1CCOCC1. The molecule has 1 fully saturated rings. The second-order valence-corrected chi connectivity index (χ2v) is 2.94. The van der Waals surface area contributed by atoms with Gasteiger partial charge in [0.1, 0.15) is 0 Å². The molecule has 0 aliphatic carbocycles. The quantitative estimate of drug-likeness (QED) is 0.603. The van der Waals surface area contributed by atoms with Crippen LogP contribution in [0.1, 0.15) is 12.8 Å². The van der Waals surface area contributed by atoms with Gasteiger partial charge in [0.2, 0.25) is 0 Å². The summed E-state index contributed by atoms with van der Waals surface area (Å²) in [5.74, 6) is 1.57. The molecule has 0 amide bonds. The van der Waals surface area contributed by atoms with Crippen LogP contribution in [-0.2, 0) is 4.74 Å². The van der Waals surface area contributed by atoms with E-state index in [9.17, 15) is 0 Å². The Kier molecular flexibility index (Phi) is 3.40. The maximum absolute atomic E-state index is 8.49. The van der Waals surface area contributed by atoms with E-state index in [4.69, 9.17) is 9.29 Å². The molecule has 1 rings (SSSR count). The van der Waals surface area contributed by atoms with Crippen molar-refractivity contribution in [1.29, 1.82) is 0 Å². The molecule has 3 heteroatoms. The van der Waals surface area contributed by atoms with Gasteiger partial charge in [0.05, 0.1) is 0 Å². The molecule has 1 N–H and O–H groups in total. The molecule has 1 aliphatic heterocycles. The van der Waals surface area contributed by atoms with Crippen LogP contribution in [0.2, 0.25) is 0 Å². The highest BCUT2D eigenvalue weighted by Crippen LogP contribution is 2.17. The van der Waals surface area contributed by atoms with Gasteiger partial charge in [0, 0.05) is 19.0 Å². The van der Waals surface area contributed by atoms with Gasteiger partial charge in [-0.3, -0.25) is 0 Å². The fourth-order valence-electron chi connectivity index (χ4n) is 1.02. The van der Waals surface area contributed by atoms with Crippen molar-refractivity contribution in [3.63, 3.8) is 0 Å². The smallest absolute Gasteiger partial charge is 0.0469 e. The molecule has 0 aromatic carbocycles. The van der Waals surface area contributed by atoms with Crippen LogP contribution in [0.25, 0.3) is 0 Å². The van der Waals surface area contributed by atoms with Crippen molar-refractivity contribution in [2.75, 3.05) is 19.0 Å². The molecule has 0 aromatic heterocycles. The van der Waals surface area contributed by atoms with Crippen LogP contribution in [0.5, 0.6) is 0 Å². The summed E-state index contributed by atoms with van der Waals surface area (Å²) in [6.07, 6.45) is 2.24. The molecule has 1 saturated heterocycles. The molecular formula is C6H12O2S. The van der Waals surface area contributed by atoms with E-state index in [0.717, 1.165) is 43.9 Å². The van der Waals surface area contributed by atoms with Gasteiger partial charge >= 0.3 is 0 Å². The molecule has 54 valence electrons. The zero-order chi connectivity index (χ0) is 6.53. The van der Waals surface area contributed by atoms with Crippen molar-refractivity contribution < 1.29 is 9.29 Å². The number of rotatable bonds is 2. The monoisotopic (exact) mass is 148 g/mol. The third kappa shape index (κ3) is 2.56. The van der Waals surface area contributed by atoms with Crippen molar-refractivity contribution in [3.05, 3.63) is 0 Å². The Morgan fingerprint density at radius 2 is 2.11 bits per heavy atom. The second kappa shape index (κ2) is 4.14. The van der Waals surface area contributed by atoms with E-state index in [1.165, 1.54) is 0 Å². The fraction of sp³-hybridized carbons (Fsp3) is 1.00. The first-order valence-electron chi connectivity index (χ1n) is 3.27. The van der Waals surface area contributed by atoms with E-state index >= 15 is 0 Å². The van der Waals surface area contributed by atoms with Gasteiger partial charge in [0.25, 0.3) is 0 Å². The minimum Gasteiger partial charge on any atom is -0.381 e. The summed E-state index contributed by atoms with van der Waals surface area (Å²) in [5.41, 5.74) is 0. The van der Waals surface area contributed by atoms with Gasteiger partial charge < -0.3 is 9.29 Å². The molecule has 0 atom stereocenters. The Morgan fingerprint density at radius 1 is 1.44 bits per heavy atom. The third-order valence-corrected chi connectivity index (χ3v) is 2.27. The van der Waals surface area contributed by atoms with Crippen LogP contribution < -0.4 is 0 Å². The van der Waals surface area contributed by atoms with Gasteiger partial charge in [-0.1, -0.05) is 0 Å². The first kappa shape index (κ1) is 7.38. The van der Waals surface area contributed by atoms with E-state index in [1.54, 1.807) is 0 Å². The maximum atomic E-state index is 8.49. The van der Waals surface area contributed by atoms with Crippen LogP contribution in [0.4, 0.5) is 0 Å². The number of ether oxygens (including phenoxy) is 1. The lowest BCUT2D eigenvalue weighted by Gasteiger charge is -2.19. The molecule has 2 nitrogen and oxygen atoms in total. The zero-order valence-electron chi connectivity index (χ0n) is 5.38. The Balaban J connectivity index is 2.08. The third-order valence-electron chi connectivity index (χ3n) is 1.65. The summed E-state index contributed by atoms with van der Waals surface area (Å²) < 4.78 is 13.6. The summed E-state index contributed by atoms with van der Waals surface area (Å²) in [5, 5.41) is 0. The standard InChI is InChI=1S/C6H12O2S/c7-9-5-6-1-3-8-4-2-6/h6-7H,1-5H2. The van der Waals surface area contributed by atoms with Crippen molar-refractivity contribution in [1.82, 2.24) is 0 Å². The van der Waals surface area contributed by atoms with Crippen LogP contribution in [0.3, 0.4) is 0 Å². The highest BCUT2D eigenvalue weighted by molar-refractivity contribution is 7.93. The van der Waals surface area contributed by atoms with Gasteiger partial charge in [-0.05, 0) is 30.8 Å². The summed E-state index contributed by atoms with van der Waals surface area (Å²) in [6.45, 7) is 1.76. The minimum absolute atomic E-state index is 0.689. The number of hydrogen-bond donors (Lipinski definition) is 1. The Hall–Kier alpha value is 0.270. The first-order valence-corrected chi connectivity index (χ1v) is 4.22. The highest BCUT2D eigenvalue weighted by atomic mass is 32.2. The molecule has 1 heterocycles. The van der Waals surface area contributed by atoms with Crippen molar-refractivity contribution in [2.45, 2.75) is 12.8 Å². The zero-order valence-corrected chi connectivity index (χ0v) is 6.19. The lowest BCUT2D eigenvalue weighted by molar-refractivity contribution is 0.0726. The molecule has 0 spiro atoms. The van der Waals surface area contributed by atoms with E-state index < -0.39 is 0 Å². The molecule has 0 saturated carbocycles. The van der Waals surface area contributed by atoms with Crippen molar-refractivity contribution in [3.8, 4) is 0 Å². The Bertz CT molecular complexity index is 68.7. The van der Waals surface area contributed by atoms with E-state index in [2.05, 4.69) is 0 Å². The van der Waals surface area contributed by atoms with Gasteiger partial charge in [-0.2, -0.15) is 0 Å². The maximum Gasteiger partial charge on any atom is 0.0469 e. The predicted octanol–water partition coefficient (Wildman–Crippen LogP) is 1.62. The predicted molar refractivity (Wildman–Crippen MR) is 38.6 cm³/mol. The van der Waals surface area contributed by atoms with E-state index in [1.807, 2.05) is 0 Å². The molecule has 0 radical (unpaired) electrons. The Labute approximate surface area is 59.8 Å². The normalized spacial score (nSPS) is 22.3.